The van der Waals surface area contributed by atoms with Crippen molar-refractivity contribution in [3.8, 4) is 0 Å². The highest BCUT2D eigenvalue weighted by Gasteiger charge is 2.42. The third-order valence-electron chi connectivity index (χ3n) is 3.65. The average Bonchev–Trinajstić information content (AvgIpc) is 2.48. The number of esters is 2. The molecule has 0 spiro atoms. The quantitative estimate of drug-likeness (QED) is 0.795. The van der Waals surface area contributed by atoms with Gasteiger partial charge in [0, 0.05) is 13.3 Å². The summed E-state index contributed by atoms with van der Waals surface area (Å²) in [4.78, 5) is 23.2. The van der Waals surface area contributed by atoms with Crippen LogP contribution in [-0.2, 0) is 24.5 Å². The minimum Gasteiger partial charge on any atom is -0.468 e. The smallest absolute Gasteiger partial charge is 0.316 e. The van der Waals surface area contributed by atoms with Gasteiger partial charge in [-0.15, -0.1) is 0 Å². The zero-order chi connectivity index (χ0) is 14.6. The first-order chi connectivity index (χ1) is 9.58. The van der Waals surface area contributed by atoms with Crippen LogP contribution >= 0.6 is 0 Å². The van der Waals surface area contributed by atoms with E-state index in [-0.39, 0.29) is 11.9 Å². The molecule has 0 saturated carbocycles. The molecule has 4 nitrogen and oxygen atoms in total. The number of carbonyl (C=O) groups is 2. The third kappa shape index (κ3) is 2.74. The largest absolute Gasteiger partial charge is 0.468 e. The molecule has 0 aliphatic heterocycles. The third-order valence-corrected chi connectivity index (χ3v) is 3.65. The van der Waals surface area contributed by atoms with Gasteiger partial charge in [0.05, 0.1) is 12.5 Å². The van der Waals surface area contributed by atoms with E-state index in [1.165, 1.54) is 14.0 Å². The highest BCUT2D eigenvalue weighted by Crippen LogP contribution is 2.40. The fraction of sp³-hybridized carbons (Fsp3) is 0.375. The van der Waals surface area contributed by atoms with Crippen molar-refractivity contribution in [2.24, 2.45) is 0 Å². The maximum absolute atomic E-state index is 12.3. The van der Waals surface area contributed by atoms with Crippen molar-refractivity contribution >= 4 is 11.9 Å². The lowest BCUT2D eigenvalue weighted by atomic mass is 9.71. The molecule has 0 saturated heterocycles. The van der Waals surface area contributed by atoms with Crippen LogP contribution in [0.15, 0.2) is 42.2 Å². The van der Waals surface area contributed by atoms with Gasteiger partial charge in [0.2, 0.25) is 0 Å². The van der Waals surface area contributed by atoms with Crippen LogP contribution in [0.3, 0.4) is 0 Å². The highest BCUT2D eigenvalue weighted by atomic mass is 16.5. The molecule has 1 atom stereocenters. The van der Waals surface area contributed by atoms with E-state index in [0.717, 1.165) is 5.56 Å². The molecule has 0 radical (unpaired) electrons. The lowest BCUT2D eigenvalue weighted by Gasteiger charge is -2.33. The van der Waals surface area contributed by atoms with Crippen LogP contribution in [-0.4, -0.2) is 19.0 Å². The minimum absolute atomic E-state index is 0.248. The van der Waals surface area contributed by atoms with Crippen molar-refractivity contribution in [3.05, 3.63) is 47.7 Å². The van der Waals surface area contributed by atoms with E-state index in [1.54, 1.807) is 0 Å². The van der Waals surface area contributed by atoms with Gasteiger partial charge in [0.15, 0.2) is 0 Å². The first-order valence-corrected chi connectivity index (χ1v) is 6.60. The van der Waals surface area contributed by atoms with E-state index in [2.05, 4.69) is 0 Å². The van der Waals surface area contributed by atoms with Crippen LogP contribution < -0.4 is 0 Å². The van der Waals surface area contributed by atoms with Gasteiger partial charge >= 0.3 is 11.9 Å². The monoisotopic (exact) mass is 274 g/mol. The lowest BCUT2D eigenvalue weighted by Crippen LogP contribution is -2.38. The molecular weight excluding hydrogens is 256 g/mol. The fourth-order valence-electron chi connectivity index (χ4n) is 2.62. The standard InChI is InChI=1S/C16H18O4/c1-12(17)20-14-8-10-16(11-9-14,15(18)19-2)13-6-4-3-5-7-13/h3-8H,9-11H2,1-2H3. The van der Waals surface area contributed by atoms with Crippen molar-refractivity contribution in [1.29, 1.82) is 0 Å². The predicted molar refractivity (Wildman–Crippen MR) is 73.8 cm³/mol. The van der Waals surface area contributed by atoms with Crippen molar-refractivity contribution in [1.82, 2.24) is 0 Å². The molecule has 1 aliphatic rings. The summed E-state index contributed by atoms with van der Waals surface area (Å²) in [5, 5.41) is 0. The molecule has 20 heavy (non-hydrogen) atoms. The van der Waals surface area contributed by atoms with E-state index in [4.69, 9.17) is 9.47 Å². The number of carbonyl (C=O) groups excluding carboxylic acids is 2. The van der Waals surface area contributed by atoms with Gasteiger partial charge in [-0.05, 0) is 24.5 Å². The Labute approximate surface area is 118 Å². The summed E-state index contributed by atoms with van der Waals surface area (Å²) >= 11 is 0. The molecule has 0 amide bonds. The molecule has 0 heterocycles. The maximum atomic E-state index is 12.3. The van der Waals surface area contributed by atoms with E-state index < -0.39 is 5.41 Å². The van der Waals surface area contributed by atoms with Crippen molar-refractivity contribution in [3.63, 3.8) is 0 Å². The SMILES string of the molecule is COC(=O)C1(c2ccccc2)CC=C(OC(C)=O)CC1. The van der Waals surface area contributed by atoms with Crippen molar-refractivity contribution in [2.75, 3.05) is 7.11 Å². The zero-order valence-corrected chi connectivity index (χ0v) is 11.7. The van der Waals surface area contributed by atoms with Crippen molar-refractivity contribution in [2.45, 2.75) is 31.6 Å². The van der Waals surface area contributed by atoms with Crippen LogP contribution in [0.25, 0.3) is 0 Å². The molecule has 0 N–H and O–H groups in total. The minimum atomic E-state index is -0.681. The topological polar surface area (TPSA) is 52.6 Å². The summed E-state index contributed by atoms with van der Waals surface area (Å²) in [7, 11) is 1.40. The zero-order valence-electron chi connectivity index (χ0n) is 11.7. The lowest BCUT2D eigenvalue weighted by molar-refractivity contribution is -0.148. The van der Waals surface area contributed by atoms with Crippen LogP contribution in [0.2, 0.25) is 0 Å². The van der Waals surface area contributed by atoms with E-state index in [0.29, 0.717) is 25.0 Å². The number of rotatable bonds is 3. The Kier molecular flexibility index (Phi) is 4.23. The number of methoxy groups -OCH3 is 1. The molecule has 2 rings (SSSR count). The van der Waals surface area contributed by atoms with E-state index >= 15 is 0 Å². The molecular formula is C16H18O4. The number of ether oxygens (including phenoxy) is 2. The van der Waals surface area contributed by atoms with E-state index in [9.17, 15) is 9.59 Å². The molecule has 0 bridgehead atoms. The normalized spacial score (nSPS) is 21.8. The Bertz CT molecular complexity index is 533. The summed E-state index contributed by atoms with van der Waals surface area (Å²) < 4.78 is 10.1. The summed E-state index contributed by atoms with van der Waals surface area (Å²) in [6, 6.07) is 9.59. The van der Waals surface area contributed by atoms with Crippen LogP contribution in [0.5, 0.6) is 0 Å². The molecule has 1 aromatic rings. The van der Waals surface area contributed by atoms with Gasteiger partial charge in [-0.25, -0.2) is 0 Å². The van der Waals surface area contributed by atoms with Gasteiger partial charge in [-0.2, -0.15) is 0 Å². The Hall–Kier alpha value is -2.10. The number of benzene rings is 1. The first-order valence-electron chi connectivity index (χ1n) is 6.60. The second-order valence-electron chi connectivity index (χ2n) is 4.91. The maximum Gasteiger partial charge on any atom is 0.316 e. The van der Waals surface area contributed by atoms with Gasteiger partial charge in [-0.3, -0.25) is 9.59 Å². The molecule has 4 heteroatoms. The molecule has 1 unspecified atom stereocenters. The van der Waals surface area contributed by atoms with Crippen LogP contribution in [0.1, 0.15) is 31.7 Å². The van der Waals surface area contributed by atoms with Crippen LogP contribution in [0, 0.1) is 0 Å². The van der Waals surface area contributed by atoms with Crippen molar-refractivity contribution < 1.29 is 19.1 Å². The molecule has 0 aromatic heterocycles. The summed E-state index contributed by atoms with van der Waals surface area (Å²) in [5.74, 6) is 0.0521. The average molecular weight is 274 g/mol. The number of hydrogen-bond acceptors (Lipinski definition) is 4. The molecule has 0 fully saturated rings. The second kappa shape index (κ2) is 5.90. The van der Waals surface area contributed by atoms with Gasteiger partial charge < -0.3 is 9.47 Å². The Morgan fingerprint density at radius 3 is 2.40 bits per heavy atom. The van der Waals surface area contributed by atoms with E-state index in [1.807, 2.05) is 36.4 Å². The summed E-state index contributed by atoms with van der Waals surface area (Å²) in [6.45, 7) is 1.38. The van der Waals surface area contributed by atoms with Crippen LogP contribution in [0.4, 0.5) is 0 Å². The molecule has 1 aliphatic carbocycles. The molecule has 1 aromatic carbocycles. The first kappa shape index (κ1) is 14.3. The van der Waals surface area contributed by atoms with Gasteiger partial charge in [0.25, 0.3) is 0 Å². The highest BCUT2D eigenvalue weighted by molar-refractivity contribution is 5.83. The predicted octanol–water partition coefficient (Wildman–Crippen LogP) is 2.73. The Morgan fingerprint density at radius 2 is 1.90 bits per heavy atom. The number of allylic oxidation sites excluding steroid dienone is 2. The molecule has 106 valence electrons. The second-order valence-corrected chi connectivity index (χ2v) is 4.91. The summed E-state index contributed by atoms with van der Waals surface area (Å²) in [6.07, 6.45) is 3.41. The van der Waals surface area contributed by atoms with Gasteiger partial charge in [0.1, 0.15) is 5.76 Å². The van der Waals surface area contributed by atoms with Gasteiger partial charge in [-0.1, -0.05) is 30.3 Å². The fourth-order valence-corrected chi connectivity index (χ4v) is 2.62. The number of hydrogen-bond donors (Lipinski definition) is 0. The summed E-state index contributed by atoms with van der Waals surface area (Å²) in [5.41, 5.74) is 0.254. The Morgan fingerprint density at radius 1 is 1.20 bits per heavy atom. The Balaban J connectivity index is 2.31.